The van der Waals surface area contributed by atoms with Gasteiger partial charge in [0.1, 0.15) is 11.5 Å². The van der Waals surface area contributed by atoms with Crippen molar-refractivity contribution < 1.29 is 19.4 Å². The number of hydrogen-bond donors (Lipinski definition) is 2. The van der Waals surface area contributed by atoms with Crippen LogP contribution >= 0.6 is 0 Å². The number of ether oxygens (including phenoxy) is 2. The van der Waals surface area contributed by atoms with Gasteiger partial charge in [-0.2, -0.15) is 0 Å². The number of rotatable bonds is 3. The zero-order valence-corrected chi connectivity index (χ0v) is 7.90. The number of nitrogens with one attached hydrogen (secondary N) is 1. The van der Waals surface area contributed by atoms with Crippen molar-refractivity contribution in [2.24, 2.45) is 0 Å². The zero-order chi connectivity index (χ0) is 10.6. The van der Waals surface area contributed by atoms with Gasteiger partial charge in [0.25, 0.3) is 0 Å². The number of methoxy groups -OCH3 is 2. The van der Waals surface area contributed by atoms with Crippen molar-refractivity contribution in [1.29, 1.82) is 0 Å². The minimum atomic E-state index is -1.12. The number of amides is 1. The highest BCUT2D eigenvalue weighted by Crippen LogP contribution is 2.25. The van der Waals surface area contributed by atoms with Gasteiger partial charge in [0, 0.05) is 18.2 Å². The van der Waals surface area contributed by atoms with Crippen molar-refractivity contribution in [2.45, 2.75) is 0 Å². The molecule has 0 aliphatic carbocycles. The second-order valence-electron chi connectivity index (χ2n) is 2.53. The molecule has 5 heteroatoms. The molecule has 1 aromatic rings. The van der Waals surface area contributed by atoms with Gasteiger partial charge >= 0.3 is 6.09 Å². The van der Waals surface area contributed by atoms with E-state index in [1.54, 1.807) is 18.2 Å². The normalized spacial score (nSPS) is 9.29. The Hall–Kier alpha value is -1.91. The minimum absolute atomic E-state index is 0.411. The number of hydrogen-bond acceptors (Lipinski definition) is 3. The van der Waals surface area contributed by atoms with Gasteiger partial charge in [0.05, 0.1) is 19.9 Å². The maximum absolute atomic E-state index is 10.4. The highest BCUT2D eigenvalue weighted by molar-refractivity contribution is 5.83. The van der Waals surface area contributed by atoms with Gasteiger partial charge in [0.2, 0.25) is 0 Å². The highest BCUT2D eigenvalue weighted by Gasteiger charge is 2.03. The first kappa shape index (κ1) is 10.2. The molecule has 0 atom stereocenters. The molecule has 1 rings (SSSR count). The predicted octanol–water partition coefficient (Wildman–Crippen LogP) is 1.79. The van der Waals surface area contributed by atoms with Crippen LogP contribution in [0.25, 0.3) is 0 Å². The smallest absolute Gasteiger partial charge is 0.409 e. The summed E-state index contributed by atoms with van der Waals surface area (Å²) in [5, 5.41) is 10.7. The van der Waals surface area contributed by atoms with E-state index in [0.29, 0.717) is 17.2 Å². The fourth-order valence-corrected chi connectivity index (χ4v) is 1.00. The second-order valence-corrected chi connectivity index (χ2v) is 2.53. The summed E-state index contributed by atoms with van der Waals surface area (Å²) in [5.41, 5.74) is 0.411. The quantitative estimate of drug-likeness (QED) is 0.775. The molecule has 1 amide bonds. The van der Waals surface area contributed by atoms with Gasteiger partial charge in [-0.1, -0.05) is 0 Å². The van der Waals surface area contributed by atoms with E-state index >= 15 is 0 Å². The van der Waals surface area contributed by atoms with Crippen LogP contribution in [0, 0.1) is 0 Å². The lowest BCUT2D eigenvalue weighted by Crippen LogP contribution is -2.07. The summed E-state index contributed by atoms with van der Waals surface area (Å²) in [6, 6.07) is 4.79. The van der Waals surface area contributed by atoms with E-state index in [9.17, 15) is 4.79 Å². The fourth-order valence-electron chi connectivity index (χ4n) is 1.00. The monoisotopic (exact) mass is 197 g/mol. The van der Waals surface area contributed by atoms with Crippen LogP contribution in [0.2, 0.25) is 0 Å². The third-order valence-electron chi connectivity index (χ3n) is 1.60. The average Bonchev–Trinajstić information content (AvgIpc) is 2.16. The molecule has 0 aliphatic rings. The maximum atomic E-state index is 10.4. The largest absolute Gasteiger partial charge is 0.497 e. The highest BCUT2D eigenvalue weighted by atomic mass is 16.5. The molecule has 0 radical (unpaired) electrons. The summed E-state index contributed by atoms with van der Waals surface area (Å²) in [6.45, 7) is 0. The van der Waals surface area contributed by atoms with Gasteiger partial charge in [0.15, 0.2) is 0 Å². The lowest BCUT2D eigenvalue weighted by molar-refractivity contribution is 0.209. The zero-order valence-electron chi connectivity index (χ0n) is 7.90. The van der Waals surface area contributed by atoms with Gasteiger partial charge in [-0.05, 0) is 0 Å². The van der Waals surface area contributed by atoms with Crippen molar-refractivity contribution in [1.82, 2.24) is 0 Å². The fraction of sp³-hybridized carbons (Fsp3) is 0.222. The van der Waals surface area contributed by atoms with Crippen LogP contribution in [-0.4, -0.2) is 25.4 Å². The third-order valence-corrected chi connectivity index (χ3v) is 1.60. The molecule has 14 heavy (non-hydrogen) atoms. The van der Waals surface area contributed by atoms with E-state index in [2.05, 4.69) is 5.32 Å². The van der Waals surface area contributed by atoms with Gasteiger partial charge in [-0.15, -0.1) is 0 Å². The molecule has 0 unspecified atom stereocenters. The Labute approximate surface area is 81.3 Å². The average molecular weight is 197 g/mol. The number of anilines is 1. The first-order chi connectivity index (χ1) is 6.65. The molecule has 2 N–H and O–H groups in total. The van der Waals surface area contributed by atoms with Crippen LogP contribution in [-0.2, 0) is 0 Å². The number of carboxylic acid groups (broad SMARTS) is 1. The van der Waals surface area contributed by atoms with Crippen molar-refractivity contribution in [3.8, 4) is 11.5 Å². The summed E-state index contributed by atoms with van der Waals surface area (Å²) >= 11 is 0. The molecule has 0 bridgehead atoms. The number of carbonyl (C=O) groups is 1. The molecule has 0 aromatic heterocycles. The second kappa shape index (κ2) is 4.36. The molecule has 76 valence electrons. The van der Waals surface area contributed by atoms with Gasteiger partial charge in [-0.3, -0.25) is 5.32 Å². The standard InChI is InChI=1S/C9H11NO4/c1-13-7-3-6(10-9(11)12)4-8(5-7)14-2/h3-5,10H,1-2H3,(H,11,12). The Bertz CT molecular complexity index is 315. The molecule has 0 fully saturated rings. The molecule has 1 aromatic carbocycles. The summed E-state index contributed by atoms with van der Waals surface area (Å²) in [7, 11) is 3.00. The van der Waals surface area contributed by atoms with E-state index in [-0.39, 0.29) is 0 Å². The van der Waals surface area contributed by atoms with Gasteiger partial charge in [-0.25, -0.2) is 4.79 Å². The molecule has 0 saturated heterocycles. The molecule has 0 heterocycles. The van der Waals surface area contributed by atoms with Crippen LogP contribution < -0.4 is 14.8 Å². The van der Waals surface area contributed by atoms with Crippen molar-refractivity contribution >= 4 is 11.8 Å². The first-order valence-electron chi connectivity index (χ1n) is 3.88. The van der Waals surface area contributed by atoms with E-state index in [0.717, 1.165) is 0 Å². The molecule has 0 saturated carbocycles. The Kier molecular flexibility index (Phi) is 3.17. The van der Waals surface area contributed by atoms with Crippen LogP contribution in [0.15, 0.2) is 18.2 Å². The summed E-state index contributed by atoms with van der Waals surface area (Å²) in [4.78, 5) is 10.4. The van der Waals surface area contributed by atoms with Crippen LogP contribution in [0.5, 0.6) is 11.5 Å². The lowest BCUT2D eigenvalue weighted by Gasteiger charge is -2.07. The Morgan fingerprint density at radius 3 is 2.07 bits per heavy atom. The third kappa shape index (κ3) is 2.55. The Morgan fingerprint density at radius 1 is 1.21 bits per heavy atom. The molecule has 0 spiro atoms. The lowest BCUT2D eigenvalue weighted by atomic mass is 10.3. The van der Waals surface area contributed by atoms with Crippen molar-refractivity contribution in [2.75, 3.05) is 19.5 Å². The van der Waals surface area contributed by atoms with Gasteiger partial charge < -0.3 is 14.6 Å². The maximum Gasteiger partial charge on any atom is 0.409 e. The molecular formula is C9H11NO4. The van der Waals surface area contributed by atoms with Crippen molar-refractivity contribution in [3.63, 3.8) is 0 Å². The Balaban J connectivity index is 2.98. The Morgan fingerprint density at radius 2 is 1.71 bits per heavy atom. The van der Waals surface area contributed by atoms with E-state index < -0.39 is 6.09 Å². The van der Waals surface area contributed by atoms with Crippen LogP contribution in [0.3, 0.4) is 0 Å². The van der Waals surface area contributed by atoms with Crippen LogP contribution in [0.1, 0.15) is 0 Å². The van der Waals surface area contributed by atoms with E-state index in [1.165, 1.54) is 14.2 Å². The number of benzene rings is 1. The predicted molar refractivity (Wildman–Crippen MR) is 51.2 cm³/mol. The van der Waals surface area contributed by atoms with Crippen molar-refractivity contribution in [3.05, 3.63) is 18.2 Å². The topological polar surface area (TPSA) is 67.8 Å². The van der Waals surface area contributed by atoms with E-state index in [1.807, 2.05) is 0 Å². The molecule has 0 aliphatic heterocycles. The summed E-state index contributed by atoms with van der Waals surface area (Å²) < 4.78 is 9.93. The summed E-state index contributed by atoms with van der Waals surface area (Å²) in [5.74, 6) is 1.07. The molecular weight excluding hydrogens is 186 g/mol. The van der Waals surface area contributed by atoms with Crippen LogP contribution in [0.4, 0.5) is 10.5 Å². The molecule has 5 nitrogen and oxygen atoms in total. The first-order valence-corrected chi connectivity index (χ1v) is 3.88. The SMILES string of the molecule is COc1cc(NC(=O)O)cc(OC)c1. The minimum Gasteiger partial charge on any atom is -0.497 e. The summed E-state index contributed by atoms with van der Waals surface area (Å²) in [6.07, 6.45) is -1.12. The van der Waals surface area contributed by atoms with E-state index in [4.69, 9.17) is 14.6 Å².